The smallest absolute Gasteiger partial charge is 0.282 e. The van der Waals surface area contributed by atoms with E-state index in [2.05, 4.69) is 4.99 Å². The lowest BCUT2D eigenvalue weighted by molar-refractivity contribution is -0.113. The Morgan fingerprint density at radius 2 is 1.57 bits per heavy atom. The van der Waals surface area contributed by atoms with Gasteiger partial charge in [-0.15, -0.1) is 0 Å². The molecule has 5 heteroatoms. The predicted molar refractivity (Wildman–Crippen MR) is 123 cm³/mol. The molecule has 0 aromatic heterocycles. The van der Waals surface area contributed by atoms with Crippen LogP contribution in [0.25, 0.3) is 12.2 Å². The third-order valence-corrected chi connectivity index (χ3v) is 4.87. The number of anilines is 1. The molecule has 3 aromatic carbocycles. The molecule has 0 aliphatic carbocycles. The van der Waals surface area contributed by atoms with Crippen molar-refractivity contribution in [2.24, 2.45) is 4.99 Å². The van der Waals surface area contributed by atoms with Gasteiger partial charge in [0.25, 0.3) is 5.91 Å². The van der Waals surface area contributed by atoms with Crippen LogP contribution in [0, 0.1) is 0 Å². The summed E-state index contributed by atoms with van der Waals surface area (Å²) in [5.41, 5.74) is 2.98. The molecule has 0 saturated heterocycles. The summed E-state index contributed by atoms with van der Waals surface area (Å²) >= 11 is 5.96. The van der Waals surface area contributed by atoms with Gasteiger partial charge in [0.15, 0.2) is 0 Å². The lowest BCUT2D eigenvalue weighted by Gasteiger charge is -2.16. The van der Waals surface area contributed by atoms with Crippen molar-refractivity contribution in [3.05, 3.63) is 107 Å². The number of carbonyl (C=O) groups is 1. The molecule has 0 N–H and O–H groups in total. The van der Waals surface area contributed by atoms with E-state index in [1.165, 1.54) is 0 Å². The Morgan fingerprint density at radius 3 is 2.23 bits per heavy atom. The normalized spacial score (nSPS) is 15.1. The zero-order chi connectivity index (χ0) is 20.9. The lowest BCUT2D eigenvalue weighted by atomic mass is 10.2. The van der Waals surface area contributed by atoms with Crippen molar-refractivity contribution in [3.8, 4) is 5.75 Å². The highest BCUT2D eigenvalue weighted by Gasteiger charge is 2.30. The molecule has 0 radical (unpaired) electrons. The van der Waals surface area contributed by atoms with E-state index < -0.39 is 0 Å². The predicted octanol–water partition coefficient (Wildman–Crippen LogP) is 5.85. The topological polar surface area (TPSA) is 41.9 Å². The van der Waals surface area contributed by atoms with E-state index in [0.717, 1.165) is 22.6 Å². The maximum atomic E-state index is 13.2. The fourth-order valence-corrected chi connectivity index (χ4v) is 3.20. The Hall–Kier alpha value is -3.63. The van der Waals surface area contributed by atoms with Crippen LogP contribution in [0.15, 0.2) is 95.6 Å². The van der Waals surface area contributed by atoms with Gasteiger partial charge in [-0.1, -0.05) is 60.1 Å². The molecule has 0 saturated carbocycles. The first-order valence-corrected chi connectivity index (χ1v) is 9.79. The third-order valence-electron chi connectivity index (χ3n) is 4.61. The van der Waals surface area contributed by atoms with Gasteiger partial charge in [-0.25, -0.2) is 4.99 Å². The molecule has 1 heterocycles. The molecule has 148 valence electrons. The minimum Gasteiger partial charge on any atom is -0.497 e. The van der Waals surface area contributed by atoms with Crippen LogP contribution >= 0.6 is 11.6 Å². The number of rotatable bonds is 5. The number of halogens is 1. The van der Waals surface area contributed by atoms with E-state index >= 15 is 0 Å². The monoisotopic (exact) mass is 414 g/mol. The summed E-state index contributed by atoms with van der Waals surface area (Å²) in [6, 6.07) is 24.5. The standard InChI is InChI=1S/C25H19ClN2O2/c1-30-22-14-12-21(13-15-22)28-24(16-9-18-7-10-20(26)11-8-18)27-23(25(28)29)17-19-5-3-2-4-6-19/h2-17H,1H3/b16-9-,23-17+. The van der Waals surface area contributed by atoms with Gasteiger partial charge in [-0.05, 0) is 59.7 Å². The highest BCUT2D eigenvalue weighted by Crippen LogP contribution is 2.27. The Morgan fingerprint density at radius 1 is 0.867 bits per heavy atom. The van der Waals surface area contributed by atoms with Gasteiger partial charge < -0.3 is 4.74 Å². The maximum absolute atomic E-state index is 13.2. The highest BCUT2D eigenvalue weighted by atomic mass is 35.5. The molecule has 1 amide bonds. The first-order valence-electron chi connectivity index (χ1n) is 9.41. The molecule has 0 unspecified atom stereocenters. The number of methoxy groups -OCH3 is 1. The zero-order valence-corrected chi connectivity index (χ0v) is 17.1. The number of amides is 1. The number of nitrogens with zero attached hydrogens (tertiary/aromatic N) is 2. The first kappa shape index (κ1) is 19.7. The van der Waals surface area contributed by atoms with Gasteiger partial charge in [0.1, 0.15) is 17.3 Å². The van der Waals surface area contributed by atoms with E-state index in [9.17, 15) is 4.79 Å². The minimum absolute atomic E-state index is 0.181. The molecule has 1 aliphatic rings. The Labute approximate surface area is 180 Å². The summed E-state index contributed by atoms with van der Waals surface area (Å²) in [6.07, 6.45) is 5.53. The van der Waals surface area contributed by atoms with Crippen LogP contribution in [-0.4, -0.2) is 18.9 Å². The van der Waals surface area contributed by atoms with E-state index in [1.807, 2.05) is 91.0 Å². The van der Waals surface area contributed by atoms with Gasteiger partial charge in [-0.3, -0.25) is 9.69 Å². The Balaban J connectivity index is 1.72. The number of carbonyl (C=O) groups excluding carboxylic acids is 1. The lowest BCUT2D eigenvalue weighted by Crippen LogP contribution is -2.30. The van der Waals surface area contributed by atoms with Gasteiger partial charge in [-0.2, -0.15) is 0 Å². The van der Waals surface area contributed by atoms with E-state index in [-0.39, 0.29) is 5.91 Å². The maximum Gasteiger partial charge on any atom is 0.282 e. The summed E-state index contributed by atoms with van der Waals surface area (Å²) in [5, 5.41) is 0.675. The fraction of sp³-hybridized carbons (Fsp3) is 0.0400. The summed E-state index contributed by atoms with van der Waals surface area (Å²) in [7, 11) is 1.61. The summed E-state index contributed by atoms with van der Waals surface area (Å²) in [6.45, 7) is 0. The number of hydrogen-bond acceptors (Lipinski definition) is 3. The molecular formula is C25H19ClN2O2. The second-order valence-corrected chi connectivity index (χ2v) is 7.07. The molecule has 4 rings (SSSR count). The molecule has 0 atom stereocenters. The van der Waals surface area contributed by atoms with Crippen LogP contribution in [0.2, 0.25) is 5.02 Å². The second-order valence-electron chi connectivity index (χ2n) is 6.63. The van der Waals surface area contributed by atoms with Gasteiger partial charge >= 0.3 is 0 Å². The highest BCUT2D eigenvalue weighted by molar-refractivity contribution is 6.32. The molecule has 0 spiro atoms. The van der Waals surface area contributed by atoms with E-state index in [4.69, 9.17) is 16.3 Å². The molecule has 0 bridgehead atoms. The minimum atomic E-state index is -0.181. The third kappa shape index (κ3) is 4.34. The number of aliphatic imine (C=N–C) groups is 1. The summed E-state index contributed by atoms with van der Waals surface area (Å²) in [4.78, 5) is 19.4. The molecule has 4 nitrogen and oxygen atoms in total. The molecule has 3 aromatic rings. The van der Waals surface area contributed by atoms with Crippen molar-refractivity contribution in [2.45, 2.75) is 0 Å². The van der Waals surface area contributed by atoms with Crippen molar-refractivity contribution in [3.63, 3.8) is 0 Å². The average Bonchev–Trinajstić information content (AvgIpc) is 3.09. The molecule has 0 fully saturated rings. The van der Waals surface area contributed by atoms with Crippen LogP contribution in [0.5, 0.6) is 5.75 Å². The summed E-state index contributed by atoms with van der Waals surface area (Å²) in [5.74, 6) is 1.09. The Bertz CT molecular complexity index is 1130. The van der Waals surface area contributed by atoms with Crippen LogP contribution < -0.4 is 9.64 Å². The van der Waals surface area contributed by atoms with Crippen LogP contribution in [0.3, 0.4) is 0 Å². The van der Waals surface area contributed by atoms with E-state index in [0.29, 0.717) is 16.6 Å². The zero-order valence-electron chi connectivity index (χ0n) is 16.3. The number of amidine groups is 1. The van der Waals surface area contributed by atoms with Gasteiger partial charge in [0, 0.05) is 5.02 Å². The van der Waals surface area contributed by atoms with Crippen LogP contribution in [0.1, 0.15) is 11.1 Å². The molecular weight excluding hydrogens is 396 g/mol. The number of hydrogen-bond donors (Lipinski definition) is 0. The second kappa shape index (κ2) is 8.80. The number of benzene rings is 3. The molecule has 1 aliphatic heterocycles. The average molecular weight is 415 g/mol. The fourth-order valence-electron chi connectivity index (χ4n) is 3.08. The van der Waals surface area contributed by atoms with Gasteiger partial charge in [0.2, 0.25) is 0 Å². The quantitative estimate of drug-likeness (QED) is 0.491. The first-order chi connectivity index (χ1) is 14.6. The van der Waals surface area contributed by atoms with Crippen LogP contribution in [0.4, 0.5) is 5.69 Å². The van der Waals surface area contributed by atoms with Crippen molar-refractivity contribution < 1.29 is 9.53 Å². The van der Waals surface area contributed by atoms with Crippen molar-refractivity contribution in [2.75, 3.05) is 12.0 Å². The van der Waals surface area contributed by atoms with E-state index in [1.54, 1.807) is 18.1 Å². The van der Waals surface area contributed by atoms with Crippen molar-refractivity contribution in [1.29, 1.82) is 0 Å². The Kier molecular flexibility index (Phi) is 5.77. The van der Waals surface area contributed by atoms with Crippen molar-refractivity contribution >= 4 is 41.2 Å². The summed E-state index contributed by atoms with van der Waals surface area (Å²) < 4.78 is 5.23. The SMILES string of the molecule is COc1ccc(N2C(=O)/C(=C\c3ccccc3)N=C2/C=C\c2ccc(Cl)cc2)cc1. The molecule has 30 heavy (non-hydrogen) atoms. The van der Waals surface area contributed by atoms with Gasteiger partial charge in [0.05, 0.1) is 12.8 Å². The number of ether oxygens (including phenoxy) is 1. The van der Waals surface area contributed by atoms with Crippen LogP contribution in [-0.2, 0) is 4.79 Å². The van der Waals surface area contributed by atoms with Crippen molar-refractivity contribution in [1.82, 2.24) is 0 Å². The largest absolute Gasteiger partial charge is 0.497 e.